The highest BCUT2D eigenvalue weighted by Crippen LogP contribution is 2.16. The van der Waals surface area contributed by atoms with Gasteiger partial charge in [0.05, 0.1) is 14.2 Å². The molecule has 1 atom stereocenters. The lowest BCUT2D eigenvalue weighted by atomic mass is 10.1. The van der Waals surface area contributed by atoms with Gasteiger partial charge in [-0.2, -0.15) is 0 Å². The third-order valence-corrected chi connectivity index (χ3v) is 3.40. The lowest BCUT2D eigenvalue weighted by Gasteiger charge is -2.11. The van der Waals surface area contributed by atoms with Crippen molar-refractivity contribution in [2.24, 2.45) is 0 Å². The Morgan fingerprint density at radius 2 is 1.80 bits per heavy atom. The summed E-state index contributed by atoms with van der Waals surface area (Å²) in [5.41, 5.74) is 3.27. The molecule has 82 valence electrons. The number of benzene rings is 1. The Labute approximate surface area is 93.5 Å². The fraction of sp³-hybridized carbons (Fsp3) is 0.385. The molecule has 15 heavy (non-hydrogen) atoms. The normalized spacial score (nSPS) is 14.4. The van der Waals surface area contributed by atoms with E-state index < -0.39 is 8.07 Å². The zero-order valence-corrected chi connectivity index (χ0v) is 10.8. The van der Waals surface area contributed by atoms with Gasteiger partial charge in [0.1, 0.15) is 0 Å². The summed E-state index contributed by atoms with van der Waals surface area (Å²) in [6, 6.07) is 9.82. The molecule has 2 heteroatoms. The minimum absolute atomic E-state index is 0.362. The Kier molecular flexibility index (Phi) is 4.30. The second-order valence-corrected chi connectivity index (χ2v) is 10.00. The van der Waals surface area contributed by atoms with Crippen LogP contribution in [-0.4, -0.2) is 13.2 Å². The van der Waals surface area contributed by atoms with E-state index in [1.54, 1.807) is 0 Å². The molecule has 0 spiro atoms. The number of aliphatic hydroxyl groups excluding tert-OH is 1. The van der Waals surface area contributed by atoms with Crippen LogP contribution in [0.1, 0.15) is 18.1 Å². The van der Waals surface area contributed by atoms with Crippen molar-refractivity contribution >= 4 is 8.07 Å². The van der Waals surface area contributed by atoms with Gasteiger partial charge in [-0.3, -0.25) is 0 Å². The van der Waals surface area contributed by atoms with Crippen molar-refractivity contribution in [2.75, 3.05) is 0 Å². The fourth-order valence-corrected chi connectivity index (χ4v) is 2.20. The van der Waals surface area contributed by atoms with Crippen molar-refractivity contribution in [1.82, 2.24) is 0 Å². The van der Waals surface area contributed by atoms with Crippen LogP contribution in [-0.2, 0) is 0 Å². The fourth-order valence-electron chi connectivity index (χ4n) is 1.36. The van der Waals surface area contributed by atoms with Crippen LogP contribution in [0.15, 0.2) is 42.1 Å². The van der Waals surface area contributed by atoms with Crippen LogP contribution >= 0.6 is 0 Å². The van der Waals surface area contributed by atoms with Crippen molar-refractivity contribution in [1.29, 1.82) is 0 Å². The lowest BCUT2D eigenvalue weighted by molar-refractivity contribution is 0.181. The molecular weight excluding hydrogens is 200 g/mol. The average molecular weight is 220 g/mol. The van der Waals surface area contributed by atoms with Gasteiger partial charge in [0, 0.05) is 0 Å². The van der Waals surface area contributed by atoms with E-state index in [4.69, 9.17) is 0 Å². The van der Waals surface area contributed by atoms with Crippen LogP contribution in [0.25, 0.3) is 0 Å². The van der Waals surface area contributed by atoms with Gasteiger partial charge < -0.3 is 5.11 Å². The third-order valence-electron chi connectivity index (χ3n) is 2.16. The lowest BCUT2D eigenvalue weighted by Crippen LogP contribution is -2.15. The summed E-state index contributed by atoms with van der Waals surface area (Å²) in [5, 5.41) is 9.88. The molecule has 0 heterocycles. The highest BCUT2D eigenvalue weighted by molar-refractivity contribution is 6.80. The molecule has 0 saturated carbocycles. The molecule has 1 nitrogen and oxygen atoms in total. The number of aliphatic hydroxyl groups is 1. The number of rotatable bonds is 4. The summed E-state index contributed by atoms with van der Waals surface area (Å²) >= 11 is 0. The van der Waals surface area contributed by atoms with E-state index >= 15 is 0 Å². The highest BCUT2D eigenvalue weighted by atomic mass is 28.3. The third kappa shape index (κ3) is 4.95. The zero-order valence-electron chi connectivity index (χ0n) is 9.77. The number of hydrogen-bond acceptors (Lipinski definition) is 1. The van der Waals surface area contributed by atoms with Crippen molar-refractivity contribution in [2.45, 2.75) is 32.2 Å². The molecule has 0 radical (unpaired) electrons. The molecule has 1 aromatic carbocycles. The molecule has 0 bridgehead atoms. The van der Waals surface area contributed by atoms with Crippen molar-refractivity contribution < 1.29 is 5.11 Å². The summed E-state index contributed by atoms with van der Waals surface area (Å²) in [4.78, 5) is 0. The van der Waals surface area contributed by atoms with Gasteiger partial charge in [0.25, 0.3) is 0 Å². The molecule has 1 rings (SSSR count). The predicted octanol–water partition coefficient (Wildman–Crippen LogP) is 3.54. The van der Waals surface area contributed by atoms with Crippen LogP contribution < -0.4 is 0 Å². The molecule has 0 aliphatic heterocycles. The molecule has 0 aliphatic rings. The molecule has 0 fully saturated rings. The van der Waals surface area contributed by atoms with E-state index in [1.807, 2.05) is 30.3 Å². The highest BCUT2D eigenvalue weighted by Gasteiger charge is 2.08. The van der Waals surface area contributed by atoms with Gasteiger partial charge in [-0.15, -0.1) is 0 Å². The van der Waals surface area contributed by atoms with Crippen LogP contribution in [0.5, 0.6) is 0 Å². The van der Waals surface area contributed by atoms with Crippen LogP contribution in [0.4, 0.5) is 0 Å². The largest absolute Gasteiger partial charge is 0.388 e. The Bertz CT molecular complexity index is 311. The summed E-state index contributed by atoms with van der Waals surface area (Å²) < 4.78 is 0. The predicted molar refractivity (Wildman–Crippen MR) is 68.5 cm³/mol. The summed E-state index contributed by atoms with van der Waals surface area (Å²) in [7, 11) is -1.12. The monoisotopic (exact) mass is 220 g/mol. The van der Waals surface area contributed by atoms with E-state index in [1.165, 1.54) is 0 Å². The maximum absolute atomic E-state index is 9.88. The second-order valence-electron chi connectivity index (χ2n) is 4.93. The smallest absolute Gasteiger partial charge is 0.0824 e. The first-order valence-electron chi connectivity index (χ1n) is 5.40. The minimum atomic E-state index is -1.12. The topological polar surface area (TPSA) is 20.2 Å². The van der Waals surface area contributed by atoms with Gasteiger partial charge in [0.15, 0.2) is 0 Å². The van der Waals surface area contributed by atoms with E-state index in [-0.39, 0.29) is 6.10 Å². The Morgan fingerprint density at radius 3 is 2.33 bits per heavy atom. The van der Waals surface area contributed by atoms with Crippen molar-refractivity contribution in [3.05, 3.63) is 47.7 Å². The summed E-state index contributed by atoms with van der Waals surface area (Å²) in [6.45, 7) is 6.87. The van der Waals surface area contributed by atoms with Gasteiger partial charge in [0.2, 0.25) is 0 Å². The molecule has 1 N–H and O–H groups in total. The molecule has 0 unspecified atom stereocenters. The maximum Gasteiger partial charge on any atom is 0.0824 e. The van der Waals surface area contributed by atoms with Crippen LogP contribution in [0, 0.1) is 0 Å². The zero-order chi connectivity index (χ0) is 11.3. The van der Waals surface area contributed by atoms with Crippen molar-refractivity contribution in [3.8, 4) is 0 Å². The molecule has 0 aromatic heterocycles. The Balaban J connectivity index is 2.51. The second kappa shape index (κ2) is 5.28. The Hall–Kier alpha value is -0.863. The number of hydrogen-bond donors (Lipinski definition) is 1. The standard InChI is InChI=1S/C13H20OSi/c1-15(2,3)11-7-10-13(14)12-8-5-4-6-9-12/h4-9,11,13-14H,10H2,1-3H3/t13-/m1/s1. The first-order valence-corrected chi connectivity index (χ1v) is 8.97. The van der Waals surface area contributed by atoms with E-state index in [0.717, 1.165) is 5.56 Å². The SMILES string of the molecule is C[Si](C)(C)C=CC[C@@H](O)c1ccccc1. The average Bonchev–Trinajstić information content (AvgIpc) is 2.17. The first kappa shape index (κ1) is 12.2. The van der Waals surface area contributed by atoms with Crippen LogP contribution in [0.3, 0.4) is 0 Å². The van der Waals surface area contributed by atoms with Gasteiger partial charge in [-0.05, 0) is 12.0 Å². The molecular formula is C13H20OSi. The van der Waals surface area contributed by atoms with Gasteiger partial charge in [-0.1, -0.05) is 61.7 Å². The Morgan fingerprint density at radius 1 is 1.20 bits per heavy atom. The maximum atomic E-state index is 9.88. The molecule has 0 aliphatic carbocycles. The van der Waals surface area contributed by atoms with Gasteiger partial charge >= 0.3 is 0 Å². The first-order chi connectivity index (χ1) is 6.99. The van der Waals surface area contributed by atoms with Crippen LogP contribution in [0.2, 0.25) is 19.6 Å². The molecule has 0 saturated heterocycles. The van der Waals surface area contributed by atoms with Crippen molar-refractivity contribution in [3.63, 3.8) is 0 Å². The minimum Gasteiger partial charge on any atom is -0.388 e. The molecule has 1 aromatic rings. The van der Waals surface area contributed by atoms with E-state index in [2.05, 4.69) is 31.4 Å². The summed E-state index contributed by atoms with van der Waals surface area (Å²) in [6.07, 6.45) is 2.47. The van der Waals surface area contributed by atoms with E-state index in [0.29, 0.717) is 6.42 Å². The van der Waals surface area contributed by atoms with Gasteiger partial charge in [-0.25, -0.2) is 0 Å². The van der Waals surface area contributed by atoms with E-state index in [9.17, 15) is 5.11 Å². The molecule has 0 amide bonds. The summed E-state index contributed by atoms with van der Waals surface area (Å²) in [5.74, 6) is 0. The quantitative estimate of drug-likeness (QED) is 0.769.